The van der Waals surface area contributed by atoms with Crippen LogP contribution in [0.4, 0.5) is 0 Å². The van der Waals surface area contributed by atoms with E-state index in [1.54, 1.807) is 24.3 Å². The van der Waals surface area contributed by atoms with Crippen molar-refractivity contribution in [3.63, 3.8) is 0 Å². The van der Waals surface area contributed by atoms with Gasteiger partial charge < -0.3 is 10.0 Å². The predicted molar refractivity (Wildman–Crippen MR) is 89.3 cm³/mol. The average molecular weight is 325 g/mol. The average Bonchev–Trinajstić information content (AvgIpc) is 2.89. The monoisotopic (exact) mass is 324 g/mol. The van der Waals surface area contributed by atoms with E-state index in [1.807, 2.05) is 4.90 Å². The molecule has 2 rings (SSSR count). The lowest BCUT2D eigenvalue weighted by Crippen LogP contribution is -2.47. The maximum atomic E-state index is 12.8. The smallest absolute Gasteiger partial charge is 0.254 e. The second-order valence-corrected chi connectivity index (χ2v) is 6.28. The Morgan fingerprint density at radius 1 is 1.32 bits per heavy atom. The van der Waals surface area contributed by atoms with Crippen LogP contribution in [-0.4, -0.2) is 59.1 Å². The van der Waals surface area contributed by atoms with Crippen LogP contribution in [0, 0.1) is 0 Å². The minimum Gasteiger partial charge on any atom is -0.390 e. The van der Waals surface area contributed by atoms with Crippen LogP contribution >= 0.6 is 11.6 Å². The van der Waals surface area contributed by atoms with Crippen LogP contribution in [0.25, 0.3) is 0 Å². The molecule has 1 aromatic carbocycles. The Hall–Kier alpha value is -1.10. The molecule has 0 aromatic heterocycles. The van der Waals surface area contributed by atoms with Crippen molar-refractivity contribution in [2.24, 2.45) is 0 Å². The summed E-state index contributed by atoms with van der Waals surface area (Å²) in [4.78, 5) is 16.9. The molecule has 22 heavy (non-hydrogen) atoms. The first-order valence-corrected chi connectivity index (χ1v) is 8.41. The summed E-state index contributed by atoms with van der Waals surface area (Å²) in [7, 11) is 0. The van der Waals surface area contributed by atoms with Crippen molar-refractivity contribution >= 4 is 17.5 Å². The van der Waals surface area contributed by atoms with Crippen molar-refractivity contribution in [2.75, 3.05) is 26.2 Å². The fraction of sp³-hybridized carbons (Fsp3) is 0.588. The van der Waals surface area contributed by atoms with Crippen LogP contribution in [0.2, 0.25) is 5.02 Å². The molecule has 0 bridgehead atoms. The quantitative estimate of drug-likeness (QED) is 0.875. The molecule has 0 spiro atoms. The maximum Gasteiger partial charge on any atom is 0.254 e. The van der Waals surface area contributed by atoms with Gasteiger partial charge in [-0.25, -0.2) is 0 Å². The Kier molecular flexibility index (Phi) is 6.24. The highest BCUT2D eigenvalue weighted by Gasteiger charge is 2.37. The van der Waals surface area contributed by atoms with E-state index >= 15 is 0 Å². The Balaban J connectivity index is 2.18. The molecule has 1 amide bonds. The molecule has 0 aliphatic carbocycles. The number of β-amino-alcohol motifs (C(OH)–C–C–N with tert-alkyl or cyclic N) is 1. The molecule has 2 atom stereocenters. The topological polar surface area (TPSA) is 43.8 Å². The second-order valence-electron chi connectivity index (χ2n) is 5.85. The van der Waals surface area contributed by atoms with E-state index in [0.717, 1.165) is 25.9 Å². The maximum absolute atomic E-state index is 12.8. The van der Waals surface area contributed by atoms with Gasteiger partial charge in [-0.15, -0.1) is 0 Å². The molecule has 1 aliphatic heterocycles. The Morgan fingerprint density at radius 3 is 2.55 bits per heavy atom. The number of hydrogen-bond donors (Lipinski definition) is 1. The van der Waals surface area contributed by atoms with Crippen molar-refractivity contribution in [1.82, 2.24) is 9.80 Å². The van der Waals surface area contributed by atoms with Gasteiger partial charge in [-0.1, -0.05) is 31.9 Å². The third kappa shape index (κ3) is 4.00. The van der Waals surface area contributed by atoms with Gasteiger partial charge in [0, 0.05) is 30.2 Å². The normalized spacial score (nSPS) is 22.0. The van der Waals surface area contributed by atoms with Crippen LogP contribution < -0.4 is 0 Å². The number of amides is 1. The predicted octanol–water partition coefficient (Wildman–Crippen LogP) is 2.65. The zero-order chi connectivity index (χ0) is 16.1. The molecule has 1 fully saturated rings. The number of aliphatic hydroxyl groups excluding tert-OH is 1. The Bertz CT molecular complexity index is 492. The number of likely N-dealkylation sites (tertiary alicyclic amines) is 1. The van der Waals surface area contributed by atoms with Gasteiger partial charge in [-0.3, -0.25) is 9.69 Å². The van der Waals surface area contributed by atoms with Gasteiger partial charge in [0.1, 0.15) is 0 Å². The third-order valence-electron chi connectivity index (χ3n) is 4.29. The first kappa shape index (κ1) is 17.3. The Labute approximate surface area is 137 Å². The standard InChI is InChI=1S/C17H25ClN2O2/c1-3-5-10-20(15-11-19(4-2)12-16(15)21)17(22)13-6-8-14(18)9-7-13/h6-9,15-16,21H,3-5,10-12H2,1-2H3. The number of aliphatic hydroxyl groups is 1. The minimum atomic E-state index is -0.479. The summed E-state index contributed by atoms with van der Waals surface area (Å²) in [5.41, 5.74) is 0.627. The van der Waals surface area contributed by atoms with Crippen LogP contribution in [0.3, 0.4) is 0 Å². The first-order chi connectivity index (χ1) is 10.6. The molecule has 0 radical (unpaired) electrons. The van der Waals surface area contributed by atoms with E-state index < -0.39 is 6.10 Å². The molecule has 1 heterocycles. The van der Waals surface area contributed by atoms with Crippen molar-refractivity contribution in [1.29, 1.82) is 0 Å². The highest BCUT2D eigenvalue weighted by molar-refractivity contribution is 6.30. The van der Waals surface area contributed by atoms with E-state index in [9.17, 15) is 9.90 Å². The Morgan fingerprint density at radius 2 is 2.00 bits per heavy atom. The van der Waals surface area contributed by atoms with E-state index in [0.29, 0.717) is 23.7 Å². The summed E-state index contributed by atoms with van der Waals surface area (Å²) in [6.45, 7) is 7.13. The number of carbonyl (C=O) groups is 1. The number of benzene rings is 1. The van der Waals surface area contributed by atoms with Gasteiger partial charge in [-0.05, 0) is 37.2 Å². The first-order valence-electron chi connectivity index (χ1n) is 8.03. The number of nitrogens with zero attached hydrogens (tertiary/aromatic N) is 2. The number of unbranched alkanes of at least 4 members (excludes halogenated alkanes) is 1. The molecule has 5 heteroatoms. The number of likely N-dealkylation sites (N-methyl/N-ethyl adjacent to an activating group) is 1. The lowest BCUT2D eigenvalue weighted by Gasteiger charge is -2.31. The molecule has 2 unspecified atom stereocenters. The summed E-state index contributed by atoms with van der Waals surface area (Å²) in [6, 6.07) is 6.84. The zero-order valence-electron chi connectivity index (χ0n) is 13.3. The van der Waals surface area contributed by atoms with Gasteiger partial charge in [0.15, 0.2) is 0 Å². The van der Waals surface area contributed by atoms with Gasteiger partial charge in [0.2, 0.25) is 0 Å². The largest absolute Gasteiger partial charge is 0.390 e. The molecule has 1 aromatic rings. The van der Waals surface area contributed by atoms with Crippen molar-refractivity contribution in [3.8, 4) is 0 Å². The SMILES string of the molecule is CCCCN(C(=O)c1ccc(Cl)cc1)C1CN(CC)CC1O. The molecule has 1 N–H and O–H groups in total. The summed E-state index contributed by atoms with van der Waals surface area (Å²) in [5.74, 6) is -0.0212. The van der Waals surface area contributed by atoms with Crippen LogP contribution in [0.5, 0.6) is 0 Å². The highest BCUT2D eigenvalue weighted by atomic mass is 35.5. The van der Waals surface area contributed by atoms with Gasteiger partial charge >= 0.3 is 0 Å². The second kappa shape index (κ2) is 7.95. The van der Waals surface area contributed by atoms with Gasteiger partial charge in [-0.2, -0.15) is 0 Å². The van der Waals surface area contributed by atoms with E-state index in [4.69, 9.17) is 11.6 Å². The summed E-state index contributed by atoms with van der Waals surface area (Å²) >= 11 is 5.90. The molecular weight excluding hydrogens is 300 g/mol. The molecule has 0 saturated carbocycles. The van der Waals surface area contributed by atoms with Crippen LogP contribution in [0.1, 0.15) is 37.0 Å². The summed E-state index contributed by atoms with van der Waals surface area (Å²) in [5, 5.41) is 11.0. The minimum absolute atomic E-state index is 0.0212. The van der Waals surface area contributed by atoms with E-state index in [1.165, 1.54) is 0 Å². The molecule has 1 saturated heterocycles. The van der Waals surface area contributed by atoms with Crippen LogP contribution in [0.15, 0.2) is 24.3 Å². The van der Waals surface area contributed by atoms with E-state index in [2.05, 4.69) is 18.7 Å². The van der Waals surface area contributed by atoms with Crippen molar-refractivity contribution < 1.29 is 9.90 Å². The lowest BCUT2D eigenvalue weighted by atomic mass is 10.1. The van der Waals surface area contributed by atoms with Gasteiger partial charge in [0.05, 0.1) is 12.1 Å². The fourth-order valence-corrected chi connectivity index (χ4v) is 3.04. The third-order valence-corrected chi connectivity index (χ3v) is 4.54. The van der Waals surface area contributed by atoms with Crippen molar-refractivity contribution in [3.05, 3.63) is 34.9 Å². The van der Waals surface area contributed by atoms with E-state index in [-0.39, 0.29) is 11.9 Å². The lowest BCUT2D eigenvalue weighted by molar-refractivity contribution is 0.0500. The zero-order valence-corrected chi connectivity index (χ0v) is 14.1. The number of rotatable bonds is 6. The number of carbonyl (C=O) groups excluding carboxylic acids is 1. The fourth-order valence-electron chi connectivity index (χ4n) is 2.92. The summed E-state index contributed by atoms with van der Waals surface area (Å²) in [6.07, 6.45) is 1.48. The van der Waals surface area contributed by atoms with Crippen molar-refractivity contribution in [2.45, 2.75) is 38.8 Å². The number of halogens is 1. The highest BCUT2D eigenvalue weighted by Crippen LogP contribution is 2.20. The summed E-state index contributed by atoms with van der Waals surface area (Å²) < 4.78 is 0. The number of hydrogen-bond acceptors (Lipinski definition) is 3. The van der Waals surface area contributed by atoms with Crippen LogP contribution in [-0.2, 0) is 0 Å². The molecule has 4 nitrogen and oxygen atoms in total. The molecular formula is C17H25ClN2O2. The molecule has 122 valence electrons. The van der Waals surface area contributed by atoms with Gasteiger partial charge in [0.25, 0.3) is 5.91 Å². The molecule has 1 aliphatic rings.